The third-order valence-corrected chi connectivity index (χ3v) is 2.48. The monoisotopic (exact) mass is 278 g/mol. The second-order valence-corrected chi connectivity index (χ2v) is 3.83. The molecule has 104 valence electrons. The van der Waals surface area contributed by atoms with Gasteiger partial charge in [0.25, 0.3) is 0 Å². The molecule has 7 heteroatoms. The van der Waals surface area contributed by atoms with Crippen LogP contribution >= 0.6 is 0 Å². The van der Waals surface area contributed by atoms with Crippen molar-refractivity contribution >= 4 is 5.69 Å². The minimum Gasteiger partial charge on any atom is -0.481 e. The first kappa shape index (κ1) is 13.7. The Morgan fingerprint density at radius 2 is 2.15 bits per heavy atom. The summed E-state index contributed by atoms with van der Waals surface area (Å²) in [5.74, 6) is -0.344. The highest BCUT2D eigenvalue weighted by molar-refractivity contribution is 5.46. The van der Waals surface area contributed by atoms with Gasteiger partial charge in [0.2, 0.25) is 5.88 Å². The fourth-order valence-electron chi connectivity index (χ4n) is 1.56. The molecule has 6 nitrogen and oxygen atoms in total. The van der Waals surface area contributed by atoms with Gasteiger partial charge in [0.1, 0.15) is 12.4 Å². The van der Waals surface area contributed by atoms with Gasteiger partial charge in [-0.05, 0) is 12.1 Å². The summed E-state index contributed by atoms with van der Waals surface area (Å²) in [5, 5.41) is 10.8. The lowest BCUT2D eigenvalue weighted by atomic mass is 10.3. The zero-order chi connectivity index (χ0) is 14.5. The second-order valence-electron chi connectivity index (χ2n) is 3.83. The van der Waals surface area contributed by atoms with Crippen LogP contribution in [-0.4, -0.2) is 17.0 Å². The van der Waals surface area contributed by atoms with E-state index in [1.165, 1.54) is 7.11 Å². The molecule has 1 aromatic carbocycles. The molecule has 0 radical (unpaired) electrons. The lowest BCUT2D eigenvalue weighted by molar-refractivity contribution is -0.386. The van der Waals surface area contributed by atoms with E-state index in [2.05, 4.69) is 4.98 Å². The summed E-state index contributed by atoms with van der Waals surface area (Å²) in [6, 6.07) is 8.09. The van der Waals surface area contributed by atoms with Crippen LogP contribution in [0, 0.1) is 15.9 Å². The molecule has 20 heavy (non-hydrogen) atoms. The first-order valence-electron chi connectivity index (χ1n) is 5.67. The maximum absolute atomic E-state index is 13.1. The van der Waals surface area contributed by atoms with Crippen molar-refractivity contribution in [3.63, 3.8) is 0 Å². The molecule has 0 atom stereocenters. The van der Waals surface area contributed by atoms with Crippen molar-refractivity contribution in [1.29, 1.82) is 0 Å². The summed E-state index contributed by atoms with van der Waals surface area (Å²) in [6.45, 7) is -0.0263. The van der Waals surface area contributed by atoms with Crippen molar-refractivity contribution in [2.45, 2.75) is 6.61 Å². The number of ether oxygens (including phenoxy) is 2. The number of nitro benzene ring substituents is 1. The first-order chi connectivity index (χ1) is 9.60. The average molecular weight is 278 g/mol. The van der Waals surface area contributed by atoms with Crippen LogP contribution in [0.1, 0.15) is 5.69 Å². The van der Waals surface area contributed by atoms with Crippen LogP contribution < -0.4 is 9.47 Å². The second kappa shape index (κ2) is 5.96. The lowest BCUT2D eigenvalue weighted by Crippen LogP contribution is -2.02. The zero-order valence-corrected chi connectivity index (χ0v) is 10.6. The number of rotatable bonds is 5. The molecule has 0 fully saturated rings. The van der Waals surface area contributed by atoms with E-state index in [1.54, 1.807) is 18.2 Å². The molecule has 0 saturated carbocycles. The van der Waals surface area contributed by atoms with Gasteiger partial charge >= 0.3 is 5.69 Å². The van der Waals surface area contributed by atoms with E-state index in [0.717, 1.165) is 18.2 Å². The van der Waals surface area contributed by atoms with Crippen molar-refractivity contribution in [2.75, 3.05) is 7.11 Å². The summed E-state index contributed by atoms with van der Waals surface area (Å²) in [4.78, 5) is 14.3. The minimum absolute atomic E-state index is 0.0263. The first-order valence-corrected chi connectivity index (χ1v) is 5.67. The van der Waals surface area contributed by atoms with Gasteiger partial charge in [0.05, 0.1) is 17.7 Å². The number of aromatic nitrogens is 1. The maximum Gasteiger partial charge on any atom is 0.311 e. The standard InChI is InChI=1S/C13H11FN2O4/c1-19-13-4-2-3-10(15-13)8-20-12-7-9(14)5-6-11(12)16(17)18/h2-7H,8H2,1H3. The van der Waals surface area contributed by atoms with E-state index in [4.69, 9.17) is 9.47 Å². The molecule has 0 aliphatic heterocycles. The third-order valence-electron chi connectivity index (χ3n) is 2.48. The van der Waals surface area contributed by atoms with E-state index in [1.807, 2.05) is 0 Å². The number of pyridine rings is 1. The van der Waals surface area contributed by atoms with Crippen LogP contribution in [0.25, 0.3) is 0 Å². The fraction of sp³-hybridized carbons (Fsp3) is 0.154. The lowest BCUT2D eigenvalue weighted by Gasteiger charge is -2.07. The Morgan fingerprint density at radius 1 is 1.35 bits per heavy atom. The summed E-state index contributed by atoms with van der Waals surface area (Å²) in [5.41, 5.74) is 0.220. The van der Waals surface area contributed by atoms with Gasteiger partial charge in [-0.15, -0.1) is 0 Å². The largest absolute Gasteiger partial charge is 0.481 e. The molecule has 0 saturated heterocycles. The SMILES string of the molecule is COc1cccc(COc2cc(F)ccc2[N+](=O)[O-])n1. The molecule has 0 unspecified atom stereocenters. The van der Waals surface area contributed by atoms with Crippen molar-refractivity contribution in [3.8, 4) is 11.6 Å². The third kappa shape index (κ3) is 3.19. The Morgan fingerprint density at radius 3 is 2.85 bits per heavy atom. The quantitative estimate of drug-likeness (QED) is 0.621. The highest BCUT2D eigenvalue weighted by Crippen LogP contribution is 2.28. The molecule has 2 aromatic rings. The Balaban J connectivity index is 2.17. The summed E-state index contributed by atoms with van der Waals surface area (Å²) in [7, 11) is 1.48. The van der Waals surface area contributed by atoms with Crippen molar-refractivity contribution in [3.05, 3.63) is 58.0 Å². The highest BCUT2D eigenvalue weighted by Gasteiger charge is 2.16. The van der Waals surface area contributed by atoms with Crippen LogP contribution in [0.4, 0.5) is 10.1 Å². The van der Waals surface area contributed by atoms with Crippen LogP contribution in [-0.2, 0) is 6.61 Å². The number of hydrogen-bond acceptors (Lipinski definition) is 5. The molecule has 0 aliphatic carbocycles. The van der Waals surface area contributed by atoms with Gasteiger partial charge in [-0.2, -0.15) is 0 Å². The topological polar surface area (TPSA) is 74.5 Å². The molecule has 0 bridgehead atoms. The predicted molar refractivity (Wildman–Crippen MR) is 68.2 cm³/mol. The van der Waals surface area contributed by atoms with Crippen LogP contribution in [0.15, 0.2) is 36.4 Å². The molecule has 2 rings (SSSR count). The molecule has 0 aliphatic rings. The summed E-state index contributed by atoms with van der Waals surface area (Å²) < 4.78 is 23.3. The van der Waals surface area contributed by atoms with Gasteiger partial charge in [-0.25, -0.2) is 9.37 Å². The molecule has 0 N–H and O–H groups in total. The number of nitrogens with zero attached hydrogens (tertiary/aromatic N) is 2. The Kier molecular flexibility index (Phi) is 4.09. The van der Waals surface area contributed by atoms with Crippen LogP contribution in [0.3, 0.4) is 0 Å². The van der Waals surface area contributed by atoms with E-state index in [9.17, 15) is 14.5 Å². The fourth-order valence-corrected chi connectivity index (χ4v) is 1.56. The maximum atomic E-state index is 13.1. The zero-order valence-electron chi connectivity index (χ0n) is 10.6. The number of hydrogen-bond donors (Lipinski definition) is 0. The normalized spacial score (nSPS) is 10.1. The van der Waals surface area contributed by atoms with Crippen LogP contribution in [0.5, 0.6) is 11.6 Å². The number of halogens is 1. The summed E-state index contributed by atoms with van der Waals surface area (Å²) in [6.07, 6.45) is 0. The van der Waals surface area contributed by atoms with Crippen LogP contribution in [0.2, 0.25) is 0 Å². The van der Waals surface area contributed by atoms with E-state index < -0.39 is 10.7 Å². The minimum atomic E-state index is -0.631. The van der Waals surface area contributed by atoms with Crippen molar-refractivity contribution in [1.82, 2.24) is 4.98 Å². The highest BCUT2D eigenvalue weighted by atomic mass is 19.1. The number of methoxy groups -OCH3 is 1. The number of nitro groups is 1. The molecule has 1 heterocycles. The van der Waals surface area contributed by atoms with Gasteiger partial charge < -0.3 is 9.47 Å². The molecule has 0 spiro atoms. The van der Waals surface area contributed by atoms with Crippen molar-refractivity contribution in [2.24, 2.45) is 0 Å². The predicted octanol–water partition coefficient (Wildman–Crippen LogP) is 2.72. The van der Waals surface area contributed by atoms with Gasteiger partial charge in [-0.3, -0.25) is 10.1 Å². The molecule has 0 amide bonds. The van der Waals surface area contributed by atoms with E-state index in [0.29, 0.717) is 11.6 Å². The summed E-state index contributed by atoms with van der Waals surface area (Å²) >= 11 is 0. The van der Waals surface area contributed by atoms with Crippen molar-refractivity contribution < 1.29 is 18.8 Å². The average Bonchev–Trinajstić information content (AvgIpc) is 2.45. The Bertz CT molecular complexity index is 634. The van der Waals surface area contributed by atoms with Gasteiger partial charge in [-0.1, -0.05) is 6.07 Å². The van der Waals surface area contributed by atoms with E-state index in [-0.39, 0.29) is 18.0 Å². The molecular formula is C13H11FN2O4. The molecular weight excluding hydrogens is 267 g/mol. The van der Waals surface area contributed by atoms with E-state index >= 15 is 0 Å². The smallest absolute Gasteiger partial charge is 0.311 e. The van der Waals surface area contributed by atoms with Gasteiger partial charge in [0, 0.05) is 18.2 Å². The molecule has 1 aromatic heterocycles. The van der Waals surface area contributed by atoms with Gasteiger partial charge in [0.15, 0.2) is 5.75 Å². The number of benzene rings is 1. The Labute approximate surface area is 113 Å². The Hall–Kier alpha value is -2.70.